The summed E-state index contributed by atoms with van der Waals surface area (Å²) in [4.78, 5) is 43.4. The molecule has 1 fully saturated rings. The highest BCUT2D eigenvalue weighted by atomic mass is 35.5. The molecular formula is C28H20ClFN2O3. The first-order valence-electron chi connectivity index (χ1n) is 11.3. The number of hydrogen-bond donors (Lipinski definition) is 1. The lowest BCUT2D eigenvalue weighted by Crippen LogP contribution is -2.51. The molecule has 0 unspecified atom stereocenters. The molecule has 5 nitrogen and oxygen atoms in total. The third-order valence-electron chi connectivity index (χ3n) is 7.43. The van der Waals surface area contributed by atoms with Gasteiger partial charge in [-0.1, -0.05) is 54.1 Å². The van der Waals surface area contributed by atoms with Crippen LogP contribution < -0.4 is 10.2 Å². The molecule has 0 bridgehead atoms. The van der Waals surface area contributed by atoms with Crippen LogP contribution >= 0.6 is 11.6 Å². The maximum atomic E-state index is 14.3. The van der Waals surface area contributed by atoms with E-state index in [1.807, 2.05) is 23.1 Å². The minimum atomic E-state index is -1.38. The molecular weight excluding hydrogens is 467 g/mol. The summed E-state index contributed by atoms with van der Waals surface area (Å²) in [6, 6.07) is 16.6. The SMILES string of the molecule is CC(=O)[C@@H]1[C@H](C(=O)c2ccccc2Cl)[C@]2(C(=O)Nc3ccccc32)[C@@H]2C=Cc3cc(F)ccc3N12. The van der Waals surface area contributed by atoms with E-state index in [0.717, 1.165) is 0 Å². The molecule has 7 heteroatoms. The zero-order valence-corrected chi connectivity index (χ0v) is 19.4. The molecule has 174 valence electrons. The topological polar surface area (TPSA) is 66.5 Å². The summed E-state index contributed by atoms with van der Waals surface area (Å²) in [5, 5.41) is 3.20. The molecule has 1 N–H and O–H groups in total. The molecule has 3 aliphatic heterocycles. The Kier molecular flexibility index (Phi) is 4.73. The van der Waals surface area contributed by atoms with Gasteiger partial charge in [0.05, 0.1) is 23.0 Å². The van der Waals surface area contributed by atoms with Gasteiger partial charge in [-0.15, -0.1) is 0 Å². The van der Waals surface area contributed by atoms with Crippen molar-refractivity contribution < 1.29 is 18.8 Å². The van der Waals surface area contributed by atoms with Crippen LogP contribution in [-0.4, -0.2) is 29.6 Å². The van der Waals surface area contributed by atoms with Crippen molar-refractivity contribution in [2.45, 2.75) is 24.4 Å². The van der Waals surface area contributed by atoms with Crippen LogP contribution in [0.15, 0.2) is 72.8 Å². The summed E-state index contributed by atoms with van der Waals surface area (Å²) in [5.74, 6) is -2.46. The van der Waals surface area contributed by atoms with E-state index in [1.165, 1.54) is 19.1 Å². The molecule has 4 atom stereocenters. The summed E-state index contributed by atoms with van der Waals surface area (Å²) in [6.07, 6.45) is 3.56. The van der Waals surface area contributed by atoms with Gasteiger partial charge in [0.1, 0.15) is 11.2 Å². The van der Waals surface area contributed by atoms with Gasteiger partial charge < -0.3 is 10.2 Å². The van der Waals surface area contributed by atoms with Crippen LogP contribution in [0.25, 0.3) is 6.08 Å². The van der Waals surface area contributed by atoms with Crippen LogP contribution in [0.3, 0.4) is 0 Å². The quantitative estimate of drug-likeness (QED) is 0.527. The molecule has 3 aromatic carbocycles. The Morgan fingerprint density at radius 2 is 1.80 bits per heavy atom. The first kappa shape index (κ1) is 21.7. The van der Waals surface area contributed by atoms with E-state index in [1.54, 1.807) is 48.6 Å². The Morgan fingerprint density at radius 3 is 2.57 bits per heavy atom. The summed E-state index contributed by atoms with van der Waals surface area (Å²) in [6.45, 7) is 1.42. The van der Waals surface area contributed by atoms with Crippen LogP contribution in [0.1, 0.15) is 28.4 Å². The number of rotatable bonds is 3. The van der Waals surface area contributed by atoms with Crippen LogP contribution in [-0.2, 0) is 15.0 Å². The second kappa shape index (κ2) is 7.62. The molecule has 3 aliphatic rings. The number of hydrogen-bond acceptors (Lipinski definition) is 4. The number of amides is 1. The molecule has 0 aliphatic carbocycles. The molecule has 1 saturated heterocycles. The Hall–Kier alpha value is -3.77. The van der Waals surface area contributed by atoms with Gasteiger partial charge in [-0.2, -0.15) is 0 Å². The Bertz CT molecular complexity index is 1470. The van der Waals surface area contributed by atoms with E-state index in [9.17, 15) is 18.8 Å². The van der Waals surface area contributed by atoms with Gasteiger partial charge in [0.15, 0.2) is 11.6 Å². The minimum Gasteiger partial charge on any atom is -0.352 e. The molecule has 3 aromatic rings. The number of nitrogens with one attached hydrogen (secondary N) is 1. The minimum absolute atomic E-state index is 0.254. The smallest absolute Gasteiger partial charge is 0.238 e. The third kappa shape index (κ3) is 2.83. The molecule has 0 radical (unpaired) electrons. The average Bonchev–Trinajstić information content (AvgIpc) is 3.32. The number of para-hydroxylation sites is 1. The van der Waals surface area contributed by atoms with E-state index in [-0.39, 0.29) is 28.1 Å². The van der Waals surface area contributed by atoms with Crippen LogP contribution in [0.2, 0.25) is 5.02 Å². The molecule has 3 heterocycles. The summed E-state index contributed by atoms with van der Waals surface area (Å²) in [7, 11) is 0. The number of Topliss-reactive ketones (excluding diaryl/α,β-unsaturated/α-hetero) is 2. The number of fused-ring (bicyclic) bond motifs is 6. The van der Waals surface area contributed by atoms with Crippen molar-refractivity contribution in [3.05, 3.63) is 100 Å². The summed E-state index contributed by atoms with van der Waals surface area (Å²) < 4.78 is 14.1. The van der Waals surface area contributed by atoms with Crippen molar-refractivity contribution in [1.29, 1.82) is 0 Å². The largest absolute Gasteiger partial charge is 0.352 e. The third-order valence-corrected chi connectivity index (χ3v) is 7.76. The van der Waals surface area contributed by atoms with Gasteiger partial charge in [0.2, 0.25) is 5.91 Å². The van der Waals surface area contributed by atoms with Crippen molar-refractivity contribution >= 4 is 46.5 Å². The predicted octanol–water partition coefficient (Wildman–Crippen LogP) is 5.04. The number of carbonyl (C=O) groups is 3. The van der Waals surface area contributed by atoms with Crippen molar-refractivity contribution in [3.63, 3.8) is 0 Å². The fourth-order valence-corrected chi connectivity index (χ4v) is 6.36. The zero-order valence-electron chi connectivity index (χ0n) is 18.7. The van der Waals surface area contributed by atoms with E-state index in [2.05, 4.69) is 5.32 Å². The van der Waals surface area contributed by atoms with E-state index >= 15 is 0 Å². The molecule has 0 aromatic heterocycles. The number of benzene rings is 3. The molecule has 0 saturated carbocycles. The van der Waals surface area contributed by atoms with Crippen molar-refractivity contribution in [1.82, 2.24) is 0 Å². The summed E-state index contributed by atoms with van der Waals surface area (Å²) in [5.41, 5.74) is 1.32. The Morgan fingerprint density at radius 1 is 1.06 bits per heavy atom. The molecule has 1 amide bonds. The second-order valence-corrected chi connectivity index (χ2v) is 9.57. The normalized spacial score (nSPS) is 25.7. The lowest BCUT2D eigenvalue weighted by molar-refractivity contribution is -0.122. The first-order valence-corrected chi connectivity index (χ1v) is 11.7. The maximum Gasteiger partial charge on any atom is 0.238 e. The number of anilines is 2. The lowest BCUT2D eigenvalue weighted by Gasteiger charge is -2.37. The van der Waals surface area contributed by atoms with Gasteiger partial charge in [-0.05, 0) is 48.9 Å². The standard InChI is InChI=1S/C28H20ClFN2O3/c1-15(33)25-24(26(34)18-6-2-4-8-20(18)29)28(19-7-3-5-9-21(19)31-27(28)35)23-13-10-16-14-17(30)11-12-22(16)32(23)25/h2-14,23-25H,1H3,(H,31,35)/t23-,24+,25+,28+/m0/s1. The van der Waals surface area contributed by atoms with E-state index < -0.39 is 29.2 Å². The van der Waals surface area contributed by atoms with Gasteiger partial charge in [-0.3, -0.25) is 14.4 Å². The number of nitrogens with zero attached hydrogens (tertiary/aromatic N) is 1. The van der Waals surface area contributed by atoms with E-state index in [0.29, 0.717) is 22.5 Å². The van der Waals surface area contributed by atoms with Crippen molar-refractivity contribution in [2.75, 3.05) is 10.2 Å². The Labute approximate surface area is 206 Å². The lowest BCUT2D eigenvalue weighted by atomic mass is 9.64. The summed E-state index contributed by atoms with van der Waals surface area (Å²) >= 11 is 6.43. The molecule has 6 rings (SSSR count). The molecule has 35 heavy (non-hydrogen) atoms. The van der Waals surface area contributed by atoms with Gasteiger partial charge in [0, 0.05) is 22.5 Å². The maximum absolute atomic E-state index is 14.3. The monoisotopic (exact) mass is 486 g/mol. The Balaban J connectivity index is 1.67. The predicted molar refractivity (Wildman–Crippen MR) is 132 cm³/mol. The van der Waals surface area contributed by atoms with Crippen LogP contribution in [0.4, 0.5) is 15.8 Å². The van der Waals surface area contributed by atoms with Gasteiger partial charge in [0.25, 0.3) is 0 Å². The highest BCUT2D eigenvalue weighted by molar-refractivity contribution is 6.34. The van der Waals surface area contributed by atoms with Gasteiger partial charge >= 0.3 is 0 Å². The fourth-order valence-electron chi connectivity index (χ4n) is 6.13. The number of halogens is 2. The highest BCUT2D eigenvalue weighted by Gasteiger charge is 2.69. The van der Waals surface area contributed by atoms with E-state index in [4.69, 9.17) is 11.6 Å². The highest BCUT2D eigenvalue weighted by Crippen LogP contribution is 2.57. The number of ketones is 2. The van der Waals surface area contributed by atoms with Crippen LogP contribution in [0.5, 0.6) is 0 Å². The first-order chi connectivity index (χ1) is 16.9. The van der Waals surface area contributed by atoms with Crippen LogP contribution in [0, 0.1) is 11.7 Å². The van der Waals surface area contributed by atoms with Gasteiger partial charge in [-0.25, -0.2) is 4.39 Å². The van der Waals surface area contributed by atoms with Crippen molar-refractivity contribution in [3.8, 4) is 0 Å². The zero-order chi connectivity index (χ0) is 24.5. The number of carbonyl (C=O) groups excluding carboxylic acids is 3. The average molecular weight is 487 g/mol. The fraction of sp³-hybridized carbons (Fsp3) is 0.179. The van der Waals surface area contributed by atoms with Crippen molar-refractivity contribution in [2.24, 2.45) is 5.92 Å². The second-order valence-electron chi connectivity index (χ2n) is 9.16. The molecule has 1 spiro atoms.